The number of nitrogens with zero attached hydrogens (tertiary/aromatic N) is 2. The van der Waals surface area contributed by atoms with Gasteiger partial charge in [0.2, 0.25) is 5.89 Å². The number of aromatic nitrogens is 2. The van der Waals surface area contributed by atoms with Crippen LogP contribution in [0.15, 0.2) is 4.52 Å². The van der Waals surface area contributed by atoms with Crippen molar-refractivity contribution >= 4 is 17.7 Å². The minimum Gasteiger partial charge on any atom is -0.363 e. The lowest BCUT2D eigenvalue weighted by Gasteiger charge is -2.03. The van der Waals surface area contributed by atoms with Gasteiger partial charge in [0.05, 0.1) is 6.04 Å². The summed E-state index contributed by atoms with van der Waals surface area (Å²) in [7, 11) is 0. The average molecular weight is 216 g/mol. The predicted molar refractivity (Wildman–Crippen MR) is 52.7 cm³/mol. The number of amides is 1. The predicted octanol–water partition coefficient (Wildman–Crippen LogP) is -0.0786. The summed E-state index contributed by atoms with van der Waals surface area (Å²) in [6.45, 7) is 0. The van der Waals surface area contributed by atoms with Gasteiger partial charge in [0.1, 0.15) is 0 Å². The van der Waals surface area contributed by atoms with E-state index in [1.54, 1.807) is 11.8 Å². The quantitative estimate of drug-likeness (QED) is 0.712. The van der Waals surface area contributed by atoms with Crippen molar-refractivity contribution in [1.29, 1.82) is 0 Å². The molecule has 14 heavy (non-hydrogen) atoms. The Morgan fingerprint density at radius 3 is 2.93 bits per heavy atom. The van der Waals surface area contributed by atoms with Crippen molar-refractivity contribution in [1.82, 2.24) is 10.1 Å². The van der Waals surface area contributed by atoms with E-state index >= 15 is 0 Å². The summed E-state index contributed by atoms with van der Waals surface area (Å²) in [5.74, 6) is 0.319. The SMILES string of the molecule is CSCCC(N)c1nc(C(N)=O)no1. The number of hydrogen-bond donors (Lipinski definition) is 2. The van der Waals surface area contributed by atoms with Crippen LogP contribution in [0.2, 0.25) is 0 Å². The van der Waals surface area contributed by atoms with E-state index in [2.05, 4.69) is 10.1 Å². The van der Waals surface area contributed by atoms with Crippen molar-refractivity contribution in [3.05, 3.63) is 11.7 Å². The number of rotatable bonds is 5. The molecule has 6 nitrogen and oxygen atoms in total. The van der Waals surface area contributed by atoms with Crippen LogP contribution in [-0.2, 0) is 0 Å². The molecule has 1 rings (SSSR count). The number of nitrogens with two attached hydrogens (primary N) is 2. The molecular weight excluding hydrogens is 204 g/mol. The topological polar surface area (TPSA) is 108 Å². The molecule has 0 saturated heterocycles. The summed E-state index contributed by atoms with van der Waals surface area (Å²) in [5, 5.41) is 3.40. The van der Waals surface area contributed by atoms with E-state index in [-0.39, 0.29) is 17.8 Å². The molecule has 1 amide bonds. The normalized spacial score (nSPS) is 12.7. The molecule has 0 spiro atoms. The molecule has 4 N–H and O–H groups in total. The summed E-state index contributed by atoms with van der Waals surface area (Å²) >= 11 is 1.68. The van der Waals surface area contributed by atoms with E-state index in [9.17, 15) is 4.79 Å². The van der Waals surface area contributed by atoms with Crippen LogP contribution in [0, 0.1) is 0 Å². The van der Waals surface area contributed by atoms with Crippen LogP contribution in [0.1, 0.15) is 29.0 Å². The van der Waals surface area contributed by atoms with E-state index in [1.165, 1.54) is 0 Å². The maximum atomic E-state index is 10.6. The molecule has 0 aromatic carbocycles. The van der Waals surface area contributed by atoms with Crippen LogP contribution in [0.5, 0.6) is 0 Å². The average Bonchev–Trinajstić information content (AvgIpc) is 2.62. The van der Waals surface area contributed by atoms with Gasteiger partial charge in [-0.1, -0.05) is 5.16 Å². The van der Waals surface area contributed by atoms with Gasteiger partial charge in [-0.15, -0.1) is 0 Å². The largest absolute Gasteiger partial charge is 0.363 e. The van der Waals surface area contributed by atoms with Crippen molar-refractivity contribution in [2.45, 2.75) is 12.5 Å². The number of thioether (sulfide) groups is 1. The zero-order valence-electron chi connectivity index (χ0n) is 7.77. The van der Waals surface area contributed by atoms with Gasteiger partial charge in [-0.05, 0) is 18.4 Å². The van der Waals surface area contributed by atoms with Gasteiger partial charge < -0.3 is 16.0 Å². The number of carbonyl (C=O) groups excluding carboxylic acids is 1. The fourth-order valence-electron chi connectivity index (χ4n) is 0.854. The molecule has 0 aliphatic carbocycles. The van der Waals surface area contributed by atoms with Gasteiger partial charge in [-0.25, -0.2) is 0 Å². The highest BCUT2D eigenvalue weighted by Gasteiger charge is 2.16. The molecule has 0 aliphatic heterocycles. The van der Waals surface area contributed by atoms with Crippen LogP contribution in [0.3, 0.4) is 0 Å². The first-order chi connectivity index (χ1) is 6.65. The van der Waals surface area contributed by atoms with E-state index in [0.717, 1.165) is 12.2 Å². The van der Waals surface area contributed by atoms with Gasteiger partial charge in [-0.2, -0.15) is 16.7 Å². The monoisotopic (exact) mass is 216 g/mol. The smallest absolute Gasteiger partial charge is 0.290 e. The number of carbonyl (C=O) groups is 1. The molecule has 0 radical (unpaired) electrons. The molecule has 1 heterocycles. The second kappa shape index (κ2) is 4.97. The number of primary amides is 1. The van der Waals surface area contributed by atoms with Gasteiger partial charge in [-0.3, -0.25) is 4.79 Å². The van der Waals surface area contributed by atoms with E-state index in [0.29, 0.717) is 0 Å². The fraction of sp³-hybridized carbons (Fsp3) is 0.571. The summed E-state index contributed by atoms with van der Waals surface area (Å²) in [6.07, 6.45) is 2.71. The van der Waals surface area contributed by atoms with Gasteiger partial charge in [0.15, 0.2) is 0 Å². The Kier molecular flexibility index (Phi) is 3.90. The van der Waals surface area contributed by atoms with Crippen molar-refractivity contribution < 1.29 is 9.32 Å². The van der Waals surface area contributed by atoms with Crippen molar-refractivity contribution in [3.8, 4) is 0 Å². The molecule has 7 heteroatoms. The van der Waals surface area contributed by atoms with E-state index in [1.807, 2.05) is 6.26 Å². The lowest BCUT2D eigenvalue weighted by molar-refractivity contribution is 0.0987. The molecule has 0 fully saturated rings. The van der Waals surface area contributed by atoms with Gasteiger partial charge >= 0.3 is 0 Å². The highest BCUT2D eigenvalue weighted by Crippen LogP contribution is 2.13. The summed E-state index contributed by atoms with van der Waals surface area (Å²) in [4.78, 5) is 14.4. The molecule has 1 aromatic heterocycles. The van der Waals surface area contributed by atoms with Crippen LogP contribution in [-0.4, -0.2) is 28.1 Å². The number of hydrogen-bond acceptors (Lipinski definition) is 6. The lowest BCUT2D eigenvalue weighted by atomic mass is 10.2. The highest BCUT2D eigenvalue weighted by atomic mass is 32.2. The molecule has 78 valence electrons. The van der Waals surface area contributed by atoms with Crippen molar-refractivity contribution in [2.24, 2.45) is 11.5 Å². The first-order valence-electron chi connectivity index (χ1n) is 4.03. The Morgan fingerprint density at radius 1 is 1.71 bits per heavy atom. The second-order valence-corrected chi connectivity index (χ2v) is 3.69. The molecule has 0 bridgehead atoms. The Morgan fingerprint density at radius 2 is 2.43 bits per heavy atom. The third-order valence-corrected chi connectivity index (χ3v) is 2.26. The third kappa shape index (κ3) is 2.71. The Labute approximate surface area is 85.4 Å². The third-order valence-electron chi connectivity index (χ3n) is 1.61. The Bertz CT molecular complexity index is 314. The van der Waals surface area contributed by atoms with Crippen molar-refractivity contribution in [3.63, 3.8) is 0 Å². The minimum atomic E-state index is -0.711. The van der Waals surface area contributed by atoms with Crippen LogP contribution in [0.25, 0.3) is 0 Å². The fourth-order valence-corrected chi connectivity index (χ4v) is 1.34. The van der Waals surface area contributed by atoms with Crippen LogP contribution < -0.4 is 11.5 Å². The summed E-state index contributed by atoms with van der Waals surface area (Å²) < 4.78 is 4.79. The Hall–Kier alpha value is -1.08. The van der Waals surface area contributed by atoms with Crippen molar-refractivity contribution in [2.75, 3.05) is 12.0 Å². The molecule has 1 atom stereocenters. The molecule has 0 saturated carbocycles. The lowest BCUT2D eigenvalue weighted by Crippen LogP contribution is -2.15. The first-order valence-corrected chi connectivity index (χ1v) is 5.42. The maximum Gasteiger partial charge on any atom is 0.290 e. The van der Waals surface area contributed by atoms with Gasteiger partial charge in [0.25, 0.3) is 11.7 Å². The molecule has 0 aliphatic rings. The molecular formula is C7H12N4O2S. The zero-order chi connectivity index (χ0) is 10.6. The summed E-state index contributed by atoms with van der Waals surface area (Å²) in [5.41, 5.74) is 10.7. The molecule has 1 aromatic rings. The first kappa shape index (κ1) is 11.0. The summed E-state index contributed by atoms with van der Waals surface area (Å²) in [6, 6.07) is -0.331. The maximum absolute atomic E-state index is 10.6. The second-order valence-electron chi connectivity index (χ2n) is 2.71. The standard InChI is InChI=1S/C7H12N4O2S/c1-14-3-2-4(8)7-10-6(5(9)12)11-13-7/h4H,2-3,8H2,1H3,(H2,9,12). The molecule has 1 unspecified atom stereocenters. The Balaban J connectivity index is 2.61. The van der Waals surface area contributed by atoms with Crippen LogP contribution in [0.4, 0.5) is 0 Å². The van der Waals surface area contributed by atoms with E-state index < -0.39 is 5.91 Å². The van der Waals surface area contributed by atoms with E-state index in [4.69, 9.17) is 16.0 Å². The van der Waals surface area contributed by atoms with Crippen LogP contribution >= 0.6 is 11.8 Å². The zero-order valence-corrected chi connectivity index (χ0v) is 8.58. The highest BCUT2D eigenvalue weighted by molar-refractivity contribution is 7.98. The van der Waals surface area contributed by atoms with Gasteiger partial charge in [0, 0.05) is 0 Å². The minimum absolute atomic E-state index is 0.125.